The summed E-state index contributed by atoms with van der Waals surface area (Å²) in [6.45, 7) is 2.19. The second-order valence-corrected chi connectivity index (χ2v) is 7.31. The van der Waals surface area contributed by atoms with E-state index in [1.165, 1.54) is 44.7 Å². The van der Waals surface area contributed by atoms with Crippen molar-refractivity contribution in [3.8, 4) is 11.1 Å². The molecule has 132 valence electrons. The van der Waals surface area contributed by atoms with Crippen molar-refractivity contribution < 1.29 is 4.39 Å². The second kappa shape index (κ2) is 7.08. The van der Waals surface area contributed by atoms with Crippen LogP contribution in [0.25, 0.3) is 11.1 Å². The zero-order valence-electron chi connectivity index (χ0n) is 14.5. The minimum absolute atomic E-state index is 0.239. The molecule has 1 saturated carbocycles. The van der Waals surface area contributed by atoms with E-state index in [4.69, 9.17) is 5.73 Å². The number of piperidine rings is 1. The van der Waals surface area contributed by atoms with Crippen molar-refractivity contribution in [2.45, 2.75) is 50.5 Å². The second-order valence-electron chi connectivity index (χ2n) is 7.31. The topological polar surface area (TPSA) is 55.0 Å². The van der Waals surface area contributed by atoms with Crippen molar-refractivity contribution in [3.05, 3.63) is 42.0 Å². The van der Waals surface area contributed by atoms with Crippen LogP contribution in [-0.4, -0.2) is 34.0 Å². The lowest BCUT2D eigenvalue weighted by molar-refractivity contribution is 0.149. The van der Waals surface area contributed by atoms with Gasteiger partial charge in [0.1, 0.15) is 5.82 Å². The number of likely N-dealkylation sites (tertiary alicyclic amines) is 1. The fourth-order valence-corrected chi connectivity index (χ4v) is 4.43. The van der Waals surface area contributed by atoms with E-state index in [2.05, 4.69) is 14.9 Å². The summed E-state index contributed by atoms with van der Waals surface area (Å²) in [5, 5.41) is 0. The summed E-state index contributed by atoms with van der Waals surface area (Å²) in [6.07, 6.45) is 9.35. The summed E-state index contributed by atoms with van der Waals surface area (Å²) >= 11 is 0. The molecule has 4 rings (SSSR count). The highest BCUT2D eigenvalue weighted by molar-refractivity contribution is 5.66. The predicted molar refractivity (Wildman–Crippen MR) is 97.6 cm³/mol. The van der Waals surface area contributed by atoms with Gasteiger partial charge in [-0.3, -0.25) is 4.90 Å². The van der Waals surface area contributed by atoms with Crippen LogP contribution in [0.5, 0.6) is 0 Å². The molecule has 1 aliphatic heterocycles. The van der Waals surface area contributed by atoms with Crippen LogP contribution in [0.3, 0.4) is 0 Å². The van der Waals surface area contributed by atoms with Crippen molar-refractivity contribution in [1.82, 2.24) is 14.9 Å². The highest BCUT2D eigenvalue weighted by atomic mass is 19.1. The number of nitrogens with zero attached hydrogens (tertiary/aromatic N) is 3. The lowest BCUT2D eigenvalue weighted by Gasteiger charge is -2.37. The lowest BCUT2D eigenvalue weighted by Crippen LogP contribution is -2.41. The summed E-state index contributed by atoms with van der Waals surface area (Å²) in [6, 6.07) is 7.38. The van der Waals surface area contributed by atoms with Crippen molar-refractivity contribution in [3.63, 3.8) is 0 Å². The van der Waals surface area contributed by atoms with Crippen LogP contribution in [0.15, 0.2) is 30.5 Å². The molecule has 1 unspecified atom stereocenters. The molecule has 1 aliphatic carbocycles. The number of rotatable bonds is 3. The molecule has 0 spiro atoms. The van der Waals surface area contributed by atoms with Crippen LogP contribution in [-0.2, 0) is 0 Å². The van der Waals surface area contributed by atoms with Gasteiger partial charge in [0.05, 0.1) is 5.69 Å². The first-order chi connectivity index (χ1) is 12.2. The number of anilines is 1. The number of benzene rings is 1. The maximum absolute atomic E-state index is 13.7. The van der Waals surface area contributed by atoms with E-state index in [0.29, 0.717) is 11.9 Å². The maximum Gasteiger partial charge on any atom is 0.220 e. The van der Waals surface area contributed by atoms with Gasteiger partial charge in [0.2, 0.25) is 5.95 Å². The van der Waals surface area contributed by atoms with E-state index >= 15 is 0 Å². The van der Waals surface area contributed by atoms with Gasteiger partial charge in [0, 0.05) is 30.3 Å². The van der Waals surface area contributed by atoms with Gasteiger partial charge in [0.15, 0.2) is 0 Å². The Bertz CT molecular complexity index is 742. The Balaban J connectivity index is 1.65. The fourth-order valence-electron chi connectivity index (χ4n) is 4.43. The number of hydrogen-bond donors (Lipinski definition) is 1. The molecule has 2 N–H and O–H groups in total. The number of nitrogens with two attached hydrogens (primary N) is 1. The third-order valence-electron chi connectivity index (χ3n) is 5.65. The molecule has 2 aliphatic rings. The van der Waals surface area contributed by atoms with E-state index in [0.717, 1.165) is 35.8 Å². The first-order valence-electron chi connectivity index (χ1n) is 9.33. The van der Waals surface area contributed by atoms with Crippen LogP contribution in [0, 0.1) is 5.82 Å². The molecule has 2 fully saturated rings. The smallest absolute Gasteiger partial charge is 0.220 e. The van der Waals surface area contributed by atoms with Gasteiger partial charge in [-0.1, -0.05) is 25.0 Å². The van der Waals surface area contributed by atoms with E-state index in [-0.39, 0.29) is 5.82 Å². The Kier molecular flexibility index (Phi) is 4.66. The highest BCUT2D eigenvalue weighted by Crippen LogP contribution is 2.36. The molecule has 1 aromatic heterocycles. The lowest BCUT2D eigenvalue weighted by atomic mass is 9.89. The normalized spacial score (nSPS) is 22.4. The summed E-state index contributed by atoms with van der Waals surface area (Å²) in [5.74, 6) is 0.391. The minimum atomic E-state index is -0.239. The third-order valence-corrected chi connectivity index (χ3v) is 5.65. The average Bonchev–Trinajstić information content (AvgIpc) is 3.16. The first kappa shape index (κ1) is 16.5. The Labute approximate surface area is 148 Å². The molecule has 0 amide bonds. The summed E-state index contributed by atoms with van der Waals surface area (Å²) in [5.41, 5.74) is 8.60. The third kappa shape index (κ3) is 3.52. The number of hydrogen-bond acceptors (Lipinski definition) is 4. The summed E-state index contributed by atoms with van der Waals surface area (Å²) in [7, 11) is 0. The number of aromatic nitrogens is 2. The number of nitrogen functional groups attached to an aromatic ring is 1. The van der Waals surface area contributed by atoms with Crippen LogP contribution in [0.1, 0.15) is 50.1 Å². The van der Waals surface area contributed by atoms with Gasteiger partial charge < -0.3 is 5.73 Å². The Morgan fingerprint density at radius 3 is 2.76 bits per heavy atom. The highest BCUT2D eigenvalue weighted by Gasteiger charge is 2.30. The van der Waals surface area contributed by atoms with Gasteiger partial charge in [-0.25, -0.2) is 14.4 Å². The molecule has 2 heterocycles. The van der Waals surface area contributed by atoms with Crippen molar-refractivity contribution >= 4 is 5.95 Å². The largest absolute Gasteiger partial charge is 0.368 e. The average molecular weight is 340 g/mol. The number of halogens is 1. The zero-order valence-corrected chi connectivity index (χ0v) is 14.5. The van der Waals surface area contributed by atoms with Crippen molar-refractivity contribution in [2.24, 2.45) is 0 Å². The van der Waals surface area contributed by atoms with Crippen LogP contribution < -0.4 is 5.73 Å². The Hall–Kier alpha value is -2.01. The van der Waals surface area contributed by atoms with Crippen LogP contribution in [0.4, 0.5) is 10.3 Å². The quantitative estimate of drug-likeness (QED) is 0.918. The van der Waals surface area contributed by atoms with E-state index in [9.17, 15) is 4.39 Å². The molecule has 1 aromatic carbocycles. The monoisotopic (exact) mass is 340 g/mol. The summed E-state index contributed by atoms with van der Waals surface area (Å²) < 4.78 is 13.7. The van der Waals surface area contributed by atoms with Gasteiger partial charge >= 0.3 is 0 Å². The molecular formula is C20H25FN4. The molecule has 0 radical (unpaired) electrons. The van der Waals surface area contributed by atoms with Crippen molar-refractivity contribution in [2.75, 3.05) is 18.8 Å². The Morgan fingerprint density at radius 1 is 1.12 bits per heavy atom. The zero-order chi connectivity index (χ0) is 17.2. The molecule has 1 saturated heterocycles. The van der Waals surface area contributed by atoms with Crippen LogP contribution >= 0.6 is 0 Å². The fraction of sp³-hybridized carbons (Fsp3) is 0.500. The predicted octanol–water partition coefficient (Wildman–Crippen LogP) is 3.99. The Morgan fingerprint density at radius 2 is 1.96 bits per heavy atom. The molecule has 25 heavy (non-hydrogen) atoms. The standard InChI is InChI=1S/C20H25FN4/c21-16-7-3-5-14(11-16)18-12-23-20(22)24-19(18)15-6-4-10-25(13-15)17-8-1-2-9-17/h3,5,7,11-12,15,17H,1-2,4,6,8-10,13H2,(H2,22,23,24). The molecule has 4 nitrogen and oxygen atoms in total. The van der Waals surface area contributed by atoms with Gasteiger partial charge in [0.25, 0.3) is 0 Å². The van der Waals surface area contributed by atoms with Gasteiger partial charge in [-0.05, 0) is 49.9 Å². The summed E-state index contributed by atoms with van der Waals surface area (Å²) in [4.78, 5) is 11.4. The molecule has 1 atom stereocenters. The molecule has 0 bridgehead atoms. The van der Waals surface area contributed by atoms with E-state index in [1.54, 1.807) is 18.3 Å². The molecule has 5 heteroatoms. The molecule has 2 aromatic rings. The SMILES string of the molecule is Nc1ncc(-c2cccc(F)c2)c(C2CCCN(C3CCCC3)C2)n1. The minimum Gasteiger partial charge on any atom is -0.368 e. The van der Waals surface area contributed by atoms with Gasteiger partial charge in [-0.15, -0.1) is 0 Å². The van der Waals surface area contributed by atoms with E-state index < -0.39 is 0 Å². The van der Waals surface area contributed by atoms with Crippen LogP contribution in [0.2, 0.25) is 0 Å². The van der Waals surface area contributed by atoms with Crippen molar-refractivity contribution in [1.29, 1.82) is 0 Å². The first-order valence-corrected chi connectivity index (χ1v) is 9.33. The maximum atomic E-state index is 13.7. The molecular weight excluding hydrogens is 315 g/mol. The van der Waals surface area contributed by atoms with E-state index in [1.807, 2.05) is 6.07 Å². The van der Waals surface area contributed by atoms with Gasteiger partial charge in [-0.2, -0.15) is 0 Å².